The minimum absolute atomic E-state index is 0.0526. The Balaban J connectivity index is 1.70. The Kier molecular flexibility index (Phi) is 7.88. The molecule has 0 saturated carbocycles. The van der Waals surface area contributed by atoms with E-state index < -0.39 is 20.5 Å². The smallest absolute Gasteiger partial charge is 0.152 e. The average molecular weight is 473 g/mol. The van der Waals surface area contributed by atoms with Crippen LogP contribution in [0, 0.1) is 11.3 Å². The second-order valence-electron chi connectivity index (χ2n) is 9.46. The SMILES string of the molecule is CC1(C)C[C@@H]2CN(CCS(=O)(=O)CCN)C[C@H]1N(c1ccc(NCC[SH](=O)=O)cc1)C2. The summed E-state index contributed by atoms with van der Waals surface area (Å²) >= 11 is 0. The van der Waals surface area contributed by atoms with Crippen LogP contribution in [0.4, 0.5) is 11.4 Å². The fourth-order valence-corrected chi connectivity index (χ4v) is 6.40. The van der Waals surface area contributed by atoms with Crippen LogP contribution in [-0.4, -0.2) is 84.3 Å². The third-order valence-corrected chi connectivity index (χ3v) is 8.72. The molecule has 31 heavy (non-hydrogen) atoms. The van der Waals surface area contributed by atoms with Gasteiger partial charge in [-0.2, -0.15) is 0 Å². The normalized spacial score (nSPS) is 23.8. The number of nitrogens with two attached hydrogens (primary N) is 1. The summed E-state index contributed by atoms with van der Waals surface area (Å²) in [4.78, 5) is 4.79. The number of rotatable bonds is 10. The summed E-state index contributed by atoms with van der Waals surface area (Å²) in [5.41, 5.74) is 7.63. The van der Waals surface area contributed by atoms with Gasteiger partial charge in [-0.05, 0) is 42.0 Å². The fourth-order valence-electron chi connectivity index (χ4n) is 5.00. The number of nitrogens with zero attached hydrogens (tertiary/aromatic N) is 2. The lowest BCUT2D eigenvalue weighted by molar-refractivity contribution is 0.191. The van der Waals surface area contributed by atoms with Gasteiger partial charge >= 0.3 is 0 Å². The minimum Gasteiger partial charge on any atom is -0.384 e. The van der Waals surface area contributed by atoms with E-state index in [-0.39, 0.29) is 29.2 Å². The highest BCUT2D eigenvalue weighted by atomic mass is 32.2. The first kappa shape index (κ1) is 24.3. The molecule has 1 aromatic carbocycles. The predicted octanol–water partition coefficient (Wildman–Crippen LogP) is 0.620. The van der Waals surface area contributed by atoms with Crippen molar-refractivity contribution in [2.24, 2.45) is 17.1 Å². The van der Waals surface area contributed by atoms with Crippen molar-refractivity contribution >= 4 is 31.9 Å². The van der Waals surface area contributed by atoms with Gasteiger partial charge in [0, 0.05) is 56.7 Å². The van der Waals surface area contributed by atoms with E-state index in [9.17, 15) is 16.8 Å². The Morgan fingerprint density at radius 1 is 1.13 bits per heavy atom. The minimum atomic E-state index is -3.10. The van der Waals surface area contributed by atoms with Gasteiger partial charge in [-0.15, -0.1) is 0 Å². The van der Waals surface area contributed by atoms with E-state index >= 15 is 0 Å². The topological polar surface area (TPSA) is 113 Å². The highest BCUT2D eigenvalue weighted by Gasteiger charge is 2.45. The van der Waals surface area contributed by atoms with Crippen LogP contribution < -0.4 is 16.0 Å². The standard InChI is InChI=1S/C21H36N4O4S2/c1-21(2)13-17-14-24(9-12-31(28,29)11-7-22)16-20(21)25(15-17)19-5-3-18(4-6-19)23-8-10-30(26)27/h3-6,17,20,23,30H,7-16,22H2,1-2H3/t17-,20-/m1/s1. The van der Waals surface area contributed by atoms with Crippen molar-refractivity contribution in [3.8, 4) is 0 Å². The zero-order valence-electron chi connectivity index (χ0n) is 18.5. The number of anilines is 2. The second kappa shape index (κ2) is 10.1. The molecule has 176 valence electrons. The molecule has 3 aliphatic rings. The molecule has 8 nitrogen and oxygen atoms in total. The fraction of sp³-hybridized carbons (Fsp3) is 0.714. The summed E-state index contributed by atoms with van der Waals surface area (Å²) < 4.78 is 45.7. The average Bonchev–Trinajstić information content (AvgIpc) is 2.93. The first-order valence-electron chi connectivity index (χ1n) is 10.9. The molecular weight excluding hydrogens is 436 g/mol. The lowest BCUT2D eigenvalue weighted by atomic mass is 9.73. The van der Waals surface area contributed by atoms with Gasteiger partial charge in [0.1, 0.15) is 10.7 Å². The van der Waals surface area contributed by atoms with Gasteiger partial charge in [0.15, 0.2) is 9.84 Å². The van der Waals surface area contributed by atoms with Crippen LogP contribution in [0.3, 0.4) is 0 Å². The van der Waals surface area contributed by atoms with E-state index in [1.54, 1.807) is 0 Å². The van der Waals surface area contributed by atoms with E-state index in [0.717, 1.165) is 37.4 Å². The molecule has 4 rings (SSSR count). The summed E-state index contributed by atoms with van der Waals surface area (Å²) in [6, 6.07) is 8.47. The number of benzene rings is 1. The second-order valence-corrected chi connectivity index (χ2v) is 12.9. The van der Waals surface area contributed by atoms with Crippen LogP contribution in [0.2, 0.25) is 0 Å². The van der Waals surface area contributed by atoms with Crippen molar-refractivity contribution in [3.05, 3.63) is 24.3 Å². The summed E-state index contributed by atoms with van der Waals surface area (Å²) in [7, 11) is -5.46. The third-order valence-electron chi connectivity index (χ3n) is 6.47. The number of nitrogens with one attached hydrogen (secondary N) is 1. The van der Waals surface area contributed by atoms with Gasteiger partial charge in [0.2, 0.25) is 0 Å². The molecule has 0 spiro atoms. The molecule has 0 unspecified atom stereocenters. The molecular formula is C21H36N4O4S2. The molecule has 0 aromatic heterocycles. The Morgan fingerprint density at radius 3 is 2.48 bits per heavy atom. The molecule has 3 N–H and O–H groups in total. The molecule has 2 bridgehead atoms. The quantitative estimate of drug-likeness (QED) is 0.425. The van der Waals surface area contributed by atoms with Crippen molar-refractivity contribution in [1.82, 2.24) is 4.90 Å². The molecule has 0 radical (unpaired) electrons. The van der Waals surface area contributed by atoms with Crippen molar-refractivity contribution in [3.63, 3.8) is 0 Å². The van der Waals surface area contributed by atoms with Gasteiger partial charge in [0.25, 0.3) is 0 Å². The van der Waals surface area contributed by atoms with Gasteiger partial charge < -0.3 is 16.0 Å². The zero-order chi connectivity index (χ0) is 22.6. The third kappa shape index (κ3) is 6.57. The highest BCUT2D eigenvalue weighted by molar-refractivity contribution is 7.91. The lowest BCUT2D eigenvalue weighted by Gasteiger charge is -2.48. The molecule has 1 aromatic rings. The van der Waals surface area contributed by atoms with Crippen LogP contribution in [0.25, 0.3) is 0 Å². The van der Waals surface area contributed by atoms with E-state index in [4.69, 9.17) is 5.73 Å². The molecule has 3 saturated heterocycles. The van der Waals surface area contributed by atoms with Gasteiger partial charge in [-0.25, -0.2) is 16.8 Å². The Labute approximate surface area is 188 Å². The molecule has 0 amide bonds. The van der Waals surface area contributed by atoms with Crippen molar-refractivity contribution in [1.29, 1.82) is 0 Å². The first-order valence-corrected chi connectivity index (χ1v) is 14.1. The summed E-state index contributed by atoms with van der Waals surface area (Å²) in [5, 5.41) is 3.14. The molecule has 0 aliphatic carbocycles. The number of thiol groups is 1. The number of fused-ring (bicyclic) bond motifs is 4. The van der Waals surface area contributed by atoms with E-state index in [2.05, 4.69) is 41.1 Å². The van der Waals surface area contributed by atoms with Crippen LogP contribution >= 0.6 is 0 Å². The number of sulfone groups is 1. The zero-order valence-corrected chi connectivity index (χ0v) is 20.2. The van der Waals surface area contributed by atoms with Crippen LogP contribution in [0.1, 0.15) is 20.3 Å². The number of hydrogen-bond acceptors (Lipinski definition) is 8. The monoisotopic (exact) mass is 472 g/mol. The number of hydrogen-bond donors (Lipinski definition) is 3. The maximum absolute atomic E-state index is 12.1. The summed E-state index contributed by atoms with van der Waals surface area (Å²) in [5.74, 6) is 0.825. The van der Waals surface area contributed by atoms with Crippen molar-refractivity contribution in [2.75, 3.05) is 66.7 Å². The molecule has 3 fully saturated rings. The maximum atomic E-state index is 12.1. The lowest BCUT2D eigenvalue weighted by Crippen LogP contribution is -2.54. The van der Waals surface area contributed by atoms with E-state index in [1.807, 2.05) is 12.1 Å². The van der Waals surface area contributed by atoms with Crippen molar-refractivity contribution in [2.45, 2.75) is 26.3 Å². The van der Waals surface area contributed by atoms with Crippen LogP contribution in [0.15, 0.2) is 24.3 Å². The largest absolute Gasteiger partial charge is 0.384 e. The van der Waals surface area contributed by atoms with Crippen molar-refractivity contribution < 1.29 is 16.8 Å². The highest BCUT2D eigenvalue weighted by Crippen LogP contribution is 2.43. The molecule has 2 atom stereocenters. The Morgan fingerprint density at radius 2 is 1.84 bits per heavy atom. The van der Waals surface area contributed by atoms with Gasteiger partial charge in [0.05, 0.1) is 17.3 Å². The summed E-state index contributed by atoms with van der Waals surface area (Å²) in [6.45, 7) is 8.49. The van der Waals surface area contributed by atoms with Crippen LogP contribution in [0.5, 0.6) is 0 Å². The Hall–Kier alpha value is -1.36. The maximum Gasteiger partial charge on any atom is 0.152 e. The Bertz CT molecular complexity index is 908. The first-order chi connectivity index (χ1) is 14.6. The predicted molar refractivity (Wildman–Crippen MR) is 127 cm³/mol. The number of piperidine rings is 1. The molecule has 10 heteroatoms. The van der Waals surface area contributed by atoms with Gasteiger partial charge in [-0.3, -0.25) is 4.90 Å². The molecule has 3 heterocycles. The van der Waals surface area contributed by atoms with E-state index in [1.165, 1.54) is 0 Å². The molecule has 3 aliphatic heterocycles. The summed E-state index contributed by atoms with van der Waals surface area (Å²) in [6.07, 6.45) is 1.13. The van der Waals surface area contributed by atoms with E-state index in [0.29, 0.717) is 25.0 Å². The van der Waals surface area contributed by atoms with Gasteiger partial charge in [-0.1, -0.05) is 13.8 Å². The van der Waals surface area contributed by atoms with Crippen LogP contribution in [-0.2, 0) is 20.5 Å².